The zero-order chi connectivity index (χ0) is 25.8. The number of nitrogens with zero attached hydrogens (tertiary/aromatic N) is 4. The largest absolute Gasteiger partial charge is 0.370 e. The van der Waals surface area contributed by atoms with Gasteiger partial charge in [0.05, 0.1) is 24.4 Å². The molecule has 37 heavy (non-hydrogen) atoms. The molecule has 0 aliphatic carbocycles. The Morgan fingerprint density at radius 3 is 2.43 bits per heavy atom. The summed E-state index contributed by atoms with van der Waals surface area (Å²) in [6.45, 7) is 10.3. The van der Waals surface area contributed by atoms with Crippen LogP contribution in [-0.4, -0.2) is 61.6 Å². The van der Waals surface area contributed by atoms with E-state index in [0.29, 0.717) is 19.7 Å². The van der Waals surface area contributed by atoms with E-state index in [2.05, 4.69) is 47.1 Å². The minimum atomic E-state index is -0.0911. The van der Waals surface area contributed by atoms with Crippen LogP contribution in [0.3, 0.4) is 0 Å². The summed E-state index contributed by atoms with van der Waals surface area (Å²) >= 11 is 0. The monoisotopic (exact) mass is 494 g/mol. The van der Waals surface area contributed by atoms with Gasteiger partial charge in [0.25, 0.3) is 5.91 Å². The van der Waals surface area contributed by atoms with Crippen LogP contribution < -0.4 is 4.90 Å². The maximum atomic E-state index is 13.6. The molecule has 0 N–H and O–H groups in total. The molecule has 6 heteroatoms. The summed E-state index contributed by atoms with van der Waals surface area (Å²) in [6, 6.07) is 24.5. The van der Waals surface area contributed by atoms with E-state index in [1.165, 1.54) is 11.1 Å². The zero-order valence-electron chi connectivity index (χ0n) is 21.7. The lowest BCUT2D eigenvalue weighted by molar-refractivity contribution is -0.0228. The van der Waals surface area contributed by atoms with Crippen molar-refractivity contribution in [2.45, 2.75) is 26.5 Å². The van der Waals surface area contributed by atoms with Crippen LogP contribution in [0.15, 0.2) is 66.7 Å². The Kier molecular flexibility index (Phi) is 7.55. The summed E-state index contributed by atoms with van der Waals surface area (Å²) in [5.41, 5.74) is 7.08. The Balaban J connectivity index is 1.26. The molecule has 3 aromatic carbocycles. The number of carbonyl (C=O) groups excluding carboxylic acids is 1. The molecule has 0 spiro atoms. The number of hydrogen-bond acceptors (Lipinski definition) is 5. The predicted molar refractivity (Wildman–Crippen MR) is 146 cm³/mol. The summed E-state index contributed by atoms with van der Waals surface area (Å²) < 4.78 is 5.99. The maximum Gasteiger partial charge on any atom is 0.254 e. The molecule has 2 fully saturated rings. The van der Waals surface area contributed by atoms with Crippen LogP contribution in [0, 0.1) is 25.2 Å². The minimum Gasteiger partial charge on any atom is -0.370 e. The number of aryl methyl sites for hydroxylation is 2. The Morgan fingerprint density at radius 2 is 1.68 bits per heavy atom. The first-order valence-electron chi connectivity index (χ1n) is 13.1. The predicted octanol–water partition coefficient (Wildman–Crippen LogP) is 4.71. The third kappa shape index (κ3) is 5.53. The number of benzene rings is 3. The van der Waals surface area contributed by atoms with E-state index in [-0.39, 0.29) is 12.0 Å². The van der Waals surface area contributed by atoms with Gasteiger partial charge in [-0.1, -0.05) is 48.5 Å². The van der Waals surface area contributed by atoms with Gasteiger partial charge >= 0.3 is 0 Å². The number of anilines is 1. The van der Waals surface area contributed by atoms with Gasteiger partial charge < -0.3 is 14.5 Å². The van der Waals surface area contributed by atoms with Crippen molar-refractivity contribution < 1.29 is 9.53 Å². The molecule has 6 nitrogen and oxygen atoms in total. The second-order valence-electron chi connectivity index (χ2n) is 10.0. The lowest BCUT2D eigenvalue weighted by atomic mass is 9.98. The van der Waals surface area contributed by atoms with Crippen LogP contribution in [0.1, 0.15) is 44.3 Å². The number of para-hydroxylation sites is 1. The lowest BCUT2D eigenvalue weighted by Crippen LogP contribution is -2.46. The maximum absolute atomic E-state index is 13.6. The van der Waals surface area contributed by atoms with Gasteiger partial charge in [-0.15, -0.1) is 0 Å². The van der Waals surface area contributed by atoms with Gasteiger partial charge in [-0.05, 0) is 54.3 Å². The summed E-state index contributed by atoms with van der Waals surface area (Å²) in [5.74, 6) is 0.0842. The topological polar surface area (TPSA) is 59.8 Å². The summed E-state index contributed by atoms with van der Waals surface area (Å²) in [5, 5.41) is 9.46. The van der Waals surface area contributed by atoms with Crippen LogP contribution in [0.5, 0.6) is 0 Å². The van der Waals surface area contributed by atoms with E-state index in [0.717, 1.165) is 60.7 Å². The van der Waals surface area contributed by atoms with Crippen LogP contribution in [0.25, 0.3) is 0 Å². The molecule has 2 saturated heterocycles. The molecule has 2 aliphatic rings. The van der Waals surface area contributed by atoms with Crippen LogP contribution in [-0.2, 0) is 11.3 Å². The lowest BCUT2D eigenvalue weighted by Gasteiger charge is -2.37. The molecule has 0 aromatic heterocycles. The number of hydrogen-bond donors (Lipinski definition) is 0. The highest BCUT2D eigenvalue weighted by molar-refractivity contribution is 5.96. The summed E-state index contributed by atoms with van der Waals surface area (Å²) in [7, 11) is 0. The fourth-order valence-corrected chi connectivity index (χ4v) is 5.40. The first-order valence-corrected chi connectivity index (χ1v) is 13.1. The van der Waals surface area contributed by atoms with Crippen molar-refractivity contribution in [2.75, 3.05) is 50.8 Å². The van der Waals surface area contributed by atoms with E-state index < -0.39 is 0 Å². The van der Waals surface area contributed by atoms with Crippen LogP contribution >= 0.6 is 0 Å². The average Bonchev–Trinajstić information content (AvgIpc) is 2.95. The van der Waals surface area contributed by atoms with E-state index in [1.54, 1.807) is 0 Å². The molecule has 0 bridgehead atoms. The van der Waals surface area contributed by atoms with Gasteiger partial charge in [-0.3, -0.25) is 9.69 Å². The van der Waals surface area contributed by atoms with E-state index >= 15 is 0 Å². The smallest absolute Gasteiger partial charge is 0.254 e. The third-order valence-corrected chi connectivity index (χ3v) is 7.57. The molecular formula is C31H34N4O2. The quantitative estimate of drug-likeness (QED) is 0.514. The van der Waals surface area contributed by atoms with Crippen molar-refractivity contribution >= 4 is 11.6 Å². The van der Waals surface area contributed by atoms with Crippen molar-refractivity contribution in [3.05, 3.63) is 100 Å². The third-order valence-electron chi connectivity index (χ3n) is 7.57. The van der Waals surface area contributed by atoms with E-state index in [9.17, 15) is 10.1 Å². The molecule has 1 atom stereocenters. The summed E-state index contributed by atoms with van der Waals surface area (Å²) in [6.07, 6.45) is -0.0911. The molecule has 190 valence electrons. The van der Waals surface area contributed by atoms with Gasteiger partial charge in [-0.25, -0.2) is 0 Å². The fraction of sp³-hybridized carbons (Fsp3) is 0.355. The normalized spacial score (nSPS) is 18.5. The minimum absolute atomic E-state index is 0.0842. The van der Waals surface area contributed by atoms with Gasteiger partial charge in [-0.2, -0.15) is 5.26 Å². The molecule has 0 unspecified atom stereocenters. The van der Waals surface area contributed by atoms with E-state index in [1.807, 2.05) is 54.3 Å². The van der Waals surface area contributed by atoms with Crippen molar-refractivity contribution in [2.24, 2.45) is 0 Å². The first-order chi connectivity index (χ1) is 18.0. The van der Waals surface area contributed by atoms with Crippen LogP contribution in [0.4, 0.5) is 5.69 Å². The molecule has 0 radical (unpaired) electrons. The van der Waals surface area contributed by atoms with Crippen molar-refractivity contribution in [3.8, 4) is 6.07 Å². The number of amides is 1. The van der Waals surface area contributed by atoms with E-state index in [4.69, 9.17) is 4.74 Å². The van der Waals surface area contributed by atoms with Crippen LogP contribution in [0.2, 0.25) is 0 Å². The second kappa shape index (κ2) is 11.2. The highest BCUT2D eigenvalue weighted by atomic mass is 16.5. The number of morpholine rings is 1. The highest BCUT2D eigenvalue weighted by Gasteiger charge is 2.28. The van der Waals surface area contributed by atoms with Gasteiger partial charge in [0.1, 0.15) is 12.2 Å². The molecular weight excluding hydrogens is 460 g/mol. The number of rotatable bonds is 5. The Morgan fingerprint density at radius 1 is 0.946 bits per heavy atom. The van der Waals surface area contributed by atoms with Gasteiger partial charge in [0.2, 0.25) is 0 Å². The number of ether oxygens (including phenoxy) is 1. The molecule has 1 amide bonds. The zero-order valence-corrected chi connectivity index (χ0v) is 21.7. The molecule has 2 aliphatic heterocycles. The Hall–Kier alpha value is -3.66. The van der Waals surface area contributed by atoms with Crippen molar-refractivity contribution in [1.82, 2.24) is 9.80 Å². The number of nitriles is 1. The Bertz CT molecular complexity index is 1290. The van der Waals surface area contributed by atoms with Gasteiger partial charge in [0.15, 0.2) is 0 Å². The molecule has 5 rings (SSSR count). The fourth-order valence-electron chi connectivity index (χ4n) is 5.40. The Labute approximate surface area is 219 Å². The SMILES string of the molecule is Cc1cc(C)c(C(=O)N2CCO[C@@H](c3ccccc3)C2)cc1CN1CCN(c2ccccc2C#N)CC1. The van der Waals surface area contributed by atoms with Crippen molar-refractivity contribution in [1.29, 1.82) is 5.26 Å². The molecule has 0 saturated carbocycles. The highest BCUT2D eigenvalue weighted by Crippen LogP contribution is 2.26. The number of piperazine rings is 1. The molecule has 2 heterocycles. The van der Waals surface area contributed by atoms with Gasteiger partial charge in [0, 0.05) is 44.8 Å². The van der Waals surface area contributed by atoms with Crippen molar-refractivity contribution in [3.63, 3.8) is 0 Å². The second-order valence-corrected chi connectivity index (χ2v) is 10.0. The first kappa shape index (κ1) is 25.0. The number of carbonyl (C=O) groups is 1. The average molecular weight is 495 g/mol. The molecule has 3 aromatic rings. The standard InChI is InChI=1S/C31H34N4O2/c1-23-18-24(2)28(31(36)35-16-17-37-30(22-35)25-8-4-3-5-9-25)19-27(23)21-33-12-14-34(15-13-33)29-11-7-6-10-26(29)20-32/h3-11,18-19,30H,12-17,21-22H2,1-2H3/t30-/m1/s1. The summed E-state index contributed by atoms with van der Waals surface area (Å²) in [4.78, 5) is 20.3.